The lowest BCUT2D eigenvalue weighted by Gasteiger charge is -2.08. The second kappa shape index (κ2) is 8.65. The third-order valence-electron chi connectivity index (χ3n) is 3.84. The Balaban J connectivity index is 1.51. The van der Waals surface area contributed by atoms with Crippen molar-refractivity contribution in [3.05, 3.63) is 65.0 Å². The highest BCUT2D eigenvalue weighted by molar-refractivity contribution is 7.10. The lowest BCUT2D eigenvalue weighted by atomic mass is 10.2. The molecule has 1 aromatic heterocycles. The molecule has 0 saturated carbocycles. The standard InChI is InChI=1S/C20H22N2O2S/c1-15(21-2)20-22-19(14-25-20)16-8-10-18(11-9-16)24-13-12-23-17-6-4-3-5-7-17/h3-11,14-15,21H,12-13H2,1-2H3. The Morgan fingerprint density at radius 2 is 1.60 bits per heavy atom. The van der Waals surface area contributed by atoms with E-state index in [1.807, 2.05) is 61.6 Å². The van der Waals surface area contributed by atoms with Gasteiger partial charge in [-0.25, -0.2) is 4.98 Å². The van der Waals surface area contributed by atoms with Gasteiger partial charge >= 0.3 is 0 Å². The molecular formula is C20H22N2O2S. The van der Waals surface area contributed by atoms with Crippen LogP contribution in [-0.2, 0) is 0 Å². The van der Waals surface area contributed by atoms with Crippen molar-refractivity contribution in [1.29, 1.82) is 0 Å². The molecule has 0 aliphatic rings. The normalized spacial score (nSPS) is 11.9. The molecule has 2 aromatic carbocycles. The zero-order chi connectivity index (χ0) is 17.5. The first kappa shape index (κ1) is 17.5. The van der Waals surface area contributed by atoms with E-state index < -0.39 is 0 Å². The SMILES string of the molecule is CNC(C)c1nc(-c2ccc(OCCOc3ccccc3)cc2)cs1. The van der Waals surface area contributed by atoms with E-state index in [9.17, 15) is 0 Å². The van der Waals surface area contributed by atoms with Crippen molar-refractivity contribution in [2.24, 2.45) is 0 Å². The Bertz CT molecular complexity index is 772. The maximum atomic E-state index is 5.73. The number of nitrogens with zero attached hydrogens (tertiary/aromatic N) is 1. The van der Waals surface area contributed by atoms with Crippen molar-refractivity contribution in [2.45, 2.75) is 13.0 Å². The molecule has 25 heavy (non-hydrogen) atoms. The Labute approximate surface area is 152 Å². The summed E-state index contributed by atoms with van der Waals surface area (Å²) < 4.78 is 11.3. The quantitative estimate of drug-likeness (QED) is 0.603. The second-order valence-electron chi connectivity index (χ2n) is 5.62. The molecular weight excluding hydrogens is 332 g/mol. The fourth-order valence-electron chi connectivity index (χ4n) is 2.30. The van der Waals surface area contributed by atoms with Crippen molar-refractivity contribution in [1.82, 2.24) is 10.3 Å². The summed E-state index contributed by atoms with van der Waals surface area (Å²) in [4.78, 5) is 4.69. The summed E-state index contributed by atoms with van der Waals surface area (Å²) in [5, 5.41) is 6.40. The van der Waals surface area contributed by atoms with Crippen molar-refractivity contribution in [3.63, 3.8) is 0 Å². The van der Waals surface area contributed by atoms with Crippen molar-refractivity contribution < 1.29 is 9.47 Å². The third-order valence-corrected chi connectivity index (χ3v) is 4.87. The van der Waals surface area contributed by atoms with Crippen molar-refractivity contribution in [2.75, 3.05) is 20.3 Å². The average Bonchev–Trinajstić information content (AvgIpc) is 3.16. The van der Waals surface area contributed by atoms with Gasteiger partial charge < -0.3 is 14.8 Å². The van der Waals surface area contributed by atoms with Crippen LogP contribution in [0.15, 0.2) is 60.0 Å². The summed E-state index contributed by atoms with van der Waals surface area (Å²) in [6, 6.07) is 18.0. The predicted octanol–water partition coefficient (Wildman–Crippen LogP) is 4.55. The van der Waals surface area contributed by atoms with Crippen molar-refractivity contribution in [3.8, 4) is 22.8 Å². The van der Waals surface area contributed by atoms with E-state index in [1.54, 1.807) is 11.3 Å². The number of ether oxygens (including phenoxy) is 2. The van der Waals surface area contributed by atoms with Gasteiger partial charge in [0.15, 0.2) is 0 Å². The highest BCUT2D eigenvalue weighted by Crippen LogP contribution is 2.26. The van der Waals surface area contributed by atoms with Gasteiger partial charge in [0.1, 0.15) is 29.7 Å². The summed E-state index contributed by atoms with van der Waals surface area (Å²) in [5.74, 6) is 1.69. The highest BCUT2D eigenvalue weighted by Gasteiger charge is 2.09. The lowest BCUT2D eigenvalue weighted by Crippen LogP contribution is -2.11. The number of hydrogen-bond donors (Lipinski definition) is 1. The topological polar surface area (TPSA) is 43.4 Å². The second-order valence-corrected chi connectivity index (χ2v) is 6.51. The number of nitrogens with one attached hydrogen (secondary N) is 1. The van der Waals surface area contributed by atoms with E-state index in [0.29, 0.717) is 13.2 Å². The first-order chi connectivity index (χ1) is 12.3. The Hall–Kier alpha value is -2.37. The molecule has 0 radical (unpaired) electrons. The molecule has 0 amide bonds. The predicted molar refractivity (Wildman–Crippen MR) is 102 cm³/mol. The number of rotatable bonds is 8. The van der Waals surface area contributed by atoms with E-state index in [0.717, 1.165) is 27.8 Å². The molecule has 1 unspecified atom stereocenters. The maximum absolute atomic E-state index is 5.73. The van der Waals surface area contributed by atoms with E-state index >= 15 is 0 Å². The Morgan fingerprint density at radius 1 is 0.960 bits per heavy atom. The Kier molecular flexibility index (Phi) is 6.04. The van der Waals surface area contributed by atoms with E-state index in [1.165, 1.54) is 0 Å². The van der Waals surface area contributed by atoms with Gasteiger partial charge in [0.05, 0.1) is 11.7 Å². The monoisotopic (exact) mass is 354 g/mol. The van der Waals surface area contributed by atoms with Crippen molar-refractivity contribution >= 4 is 11.3 Å². The van der Waals surface area contributed by atoms with E-state index in [2.05, 4.69) is 22.6 Å². The molecule has 0 spiro atoms. The summed E-state index contributed by atoms with van der Waals surface area (Å²) in [7, 11) is 1.94. The smallest absolute Gasteiger partial charge is 0.122 e. The van der Waals surface area contributed by atoms with Crippen LogP contribution in [0.3, 0.4) is 0 Å². The molecule has 130 valence electrons. The minimum atomic E-state index is 0.269. The molecule has 5 heteroatoms. The zero-order valence-electron chi connectivity index (χ0n) is 14.4. The summed E-state index contributed by atoms with van der Waals surface area (Å²) in [6.45, 7) is 3.13. The van der Waals surface area contributed by atoms with Crippen LogP contribution in [0.25, 0.3) is 11.3 Å². The third kappa shape index (κ3) is 4.81. The summed E-state index contributed by atoms with van der Waals surface area (Å²) >= 11 is 1.67. The maximum Gasteiger partial charge on any atom is 0.122 e. The van der Waals surface area contributed by atoms with Crippen LogP contribution in [0.5, 0.6) is 11.5 Å². The zero-order valence-corrected chi connectivity index (χ0v) is 15.3. The Morgan fingerprint density at radius 3 is 2.24 bits per heavy atom. The average molecular weight is 354 g/mol. The van der Waals surface area contributed by atoms with Crippen LogP contribution in [0.2, 0.25) is 0 Å². The van der Waals surface area contributed by atoms with Crippen LogP contribution in [0.1, 0.15) is 18.0 Å². The molecule has 1 heterocycles. The molecule has 3 aromatic rings. The highest BCUT2D eigenvalue weighted by atomic mass is 32.1. The molecule has 3 rings (SSSR count). The molecule has 1 atom stereocenters. The largest absolute Gasteiger partial charge is 0.490 e. The van der Waals surface area contributed by atoms with Crippen LogP contribution >= 0.6 is 11.3 Å². The fraction of sp³-hybridized carbons (Fsp3) is 0.250. The van der Waals surface area contributed by atoms with Gasteiger partial charge in [-0.2, -0.15) is 0 Å². The van der Waals surface area contributed by atoms with Gasteiger partial charge in [-0.3, -0.25) is 0 Å². The van der Waals surface area contributed by atoms with Gasteiger partial charge in [-0.15, -0.1) is 11.3 Å². The lowest BCUT2D eigenvalue weighted by molar-refractivity contribution is 0.217. The minimum absolute atomic E-state index is 0.269. The molecule has 0 aliphatic carbocycles. The van der Waals surface area contributed by atoms with Crippen LogP contribution in [-0.4, -0.2) is 25.2 Å². The summed E-state index contributed by atoms with van der Waals surface area (Å²) in [6.07, 6.45) is 0. The summed E-state index contributed by atoms with van der Waals surface area (Å²) in [5.41, 5.74) is 2.10. The van der Waals surface area contributed by atoms with Crippen LogP contribution in [0, 0.1) is 0 Å². The molecule has 4 nitrogen and oxygen atoms in total. The number of aromatic nitrogens is 1. The minimum Gasteiger partial charge on any atom is -0.490 e. The van der Waals surface area contributed by atoms with Gasteiger partial charge in [0, 0.05) is 10.9 Å². The first-order valence-electron chi connectivity index (χ1n) is 8.30. The first-order valence-corrected chi connectivity index (χ1v) is 9.18. The van der Waals surface area contributed by atoms with Gasteiger partial charge in [-0.1, -0.05) is 18.2 Å². The van der Waals surface area contributed by atoms with Gasteiger partial charge in [-0.05, 0) is 50.4 Å². The fourth-order valence-corrected chi connectivity index (χ4v) is 3.19. The number of thiazole rings is 1. The number of para-hydroxylation sites is 1. The molecule has 0 aliphatic heterocycles. The van der Waals surface area contributed by atoms with E-state index in [-0.39, 0.29) is 6.04 Å². The molecule has 0 fully saturated rings. The number of benzene rings is 2. The van der Waals surface area contributed by atoms with Crippen LogP contribution in [0.4, 0.5) is 0 Å². The van der Waals surface area contributed by atoms with Crippen LogP contribution < -0.4 is 14.8 Å². The molecule has 0 saturated heterocycles. The van der Waals surface area contributed by atoms with Gasteiger partial charge in [0.2, 0.25) is 0 Å². The number of hydrogen-bond acceptors (Lipinski definition) is 5. The molecule has 1 N–H and O–H groups in total. The van der Waals surface area contributed by atoms with E-state index in [4.69, 9.17) is 9.47 Å². The molecule has 0 bridgehead atoms. The van der Waals surface area contributed by atoms with Gasteiger partial charge in [0.25, 0.3) is 0 Å².